The predicted molar refractivity (Wildman–Crippen MR) is 187 cm³/mol. The average molecular weight is 647 g/mol. The Morgan fingerprint density at radius 3 is 2.17 bits per heavy atom. The number of nitrogens with one attached hydrogen (secondary N) is 2. The number of sulfonamides is 1. The van der Waals surface area contributed by atoms with E-state index < -0.39 is 15.9 Å². The molecule has 0 aliphatic rings. The summed E-state index contributed by atoms with van der Waals surface area (Å²) < 4.78 is 34.6. The molecule has 0 aliphatic carbocycles. The number of aryl methyl sites for hydroxylation is 4. The van der Waals surface area contributed by atoms with Crippen LogP contribution in [-0.2, 0) is 16.4 Å². The van der Waals surface area contributed by atoms with Gasteiger partial charge >= 0.3 is 0 Å². The Balaban J connectivity index is 0.000000277. The zero-order valence-corrected chi connectivity index (χ0v) is 28.0. The highest BCUT2D eigenvalue weighted by atomic mass is 32.2. The van der Waals surface area contributed by atoms with Gasteiger partial charge in [-0.1, -0.05) is 85.3 Å². The number of carbonyl (C=O) groups is 1. The summed E-state index contributed by atoms with van der Waals surface area (Å²) in [5.41, 5.74) is 8.48. The van der Waals surface area contributed by atoms with Crippen molar-refractivity contribution in [3.63, 3.8) is 0 Å². The van der Waals surface area contributed by atoms with Gasteiger partial charge in [-0.3, -0.25) is 4.79 Å². The number of pyridine rings is 1. The highest BCUT2D eigenvalue weighted by Crippen LogP contribution is 2.33. The molecule has 2 heterocycles. The molecule has 0 saturated heterocycles. The van der Waals surface area contributed by atoms with E-state index in [1.165, 1.54) is 11.6 Å². The number of hydrogen-bond donors (Lipinski definition) is 2. The molecule has 8 nitrogen and oxygen atoms in total. The van der Waals surface area contributed by atoms with E-state index >= 15 is 0 Å². The van der Waals surface area contributed by atoms with Gasteiger partial charge < -0.3 is 9.72 Å². The van der Waals surface area contributed by atoms with Gasteiger partial charge in [0.2, 0.25) is 0 Å². The number of H-pyrrole nitrogens is 1. The first-order valence-corrected chi connectivity index (χ1v) is 17.0. The van der Waals surface area contributed by atoms with E-state index in [1.54, 1.807) is 37.3 Å². The fourth-order valence-corrected chi connectivity index (χ4v) is 6.40. The van der Waals surface area contributed by atoms with Crippen LogP contribution in [0.4, 0.5) is 0 Å². The minimum absolute atomic E-state index is 0.0262. The molecule has 6 aromatic rings. The molecule has 2 N–H and O–H groups in total. The van der Waals surface area contributed by atoms with Crippen LogP contribution in [0.15, 0.2) is 108 Å². The standard InChI is InChI=1S/C28H25NO4S.C10H13N3/c1-3-33-26-12-8-7-11-24(26)28(30)29-34(31,32)27-18-17-23(21-9-5-4-6-10-21)19-25(27)22-15-13-20(2)14-16-22;1-4-8-12-9-6(2)5-7(3)11-10(9)13-8/h4-19H,3H2,1-2H3,(H,29,30);5H,4H2,1-3H3,(H,11,12,13). The molecule has 47 heavy (non-hydrogen) atoms. The Bertz CT molecular complexity index is 2120. The summed E-state index contributed by atoms with van der Waals surface area (Å²) in [7, 11) is -4.18. The molecule has 0 spiro atoms. The summed E-state index contributed by atoms with van der Waals surface area (Å²) in [6.45, 7) is 10.3. The van der Waals surface area contributed by atoms with Gasteiger partial charge in [-0.05, 0) is 80.3 Å². The van der Waals surface area contributed by atoms with Crippen LogP contribution in [-0.4, -0.2) is 35.9 Å². The van der Waals surface area contributed by atoms with Crippen molar-refractivity contribution in [2.45, 2.75) is 45.9 Å². The normalized spacial score (nSPS) is 11.1. The topological polar surface area (TPSA) is 114 Å². The molecule has 1 amide bonds. The predicted octanol–water partition coefficient (Wildman–Crippen LogP) is 7.98. The molecule has 9 heteroatoms. The lowest BCUT2D eigenvalue weighted by molar-refractivity contribution is 0.0977. The summed E-state index contributed by atoms with van der Waals surface area (Å²) in [5.74, 6) is 0.595. The number of ether oxygens (including phenoxy) is 1. The van der Waals surface area contributed by atoms with Crippen molar-refractivity contribution in [2.75, 3.05) is 6.61 Å². The van der Waals surface area contributed by atoms with Crippen molar-refractivity contribution in [1.82, 2.24) is 19.7 Å². The fraction of sp³-hybridized carbons (Fsp3) is 0.184. The van der Waals surface area contributed by atoms with Crippen LogP contribution in [0.1, 0.15) is 46.9 Å². The van der Waals surface area contributed by atoms with Crippen molar-refractivity contribution in [3.05, 3.63) is 131 Å². The van der Waals surface area contributed by atoms with Crippen LogP contribution in [0.25, 0.3) is 33.4 Å². The summed E-state index contributed by atoms with van der Waals surface area (Å²) in [4.78, 5) is 25.0. The van der Waals surface area contributed by atoms with Crippen LogP contribution >= 0.6 is 0 Å². The molecule has 0 saturated carbocycles. The number of para-hydroxylation sites is 1. The minimum Gasteiger partial charge on any atom is -0.493 e. The van der Waals surface area contributed by atoms with Crippen LogP contribution in [0.3, 0.4) is 0 Å². The van der Waals surface area contributed by atoms with Crippen molar-refractivity contribution < 1.29 is 17.9 Å². The number of imidazole rings is 1. The third-order valence-corrected chi connectivity index (χ3v) is 8.96. The smallest absolute Gasteiger partial charge is 0.268 e. The van der Waals surface area contributed by atoms with Crippen molar-refractivity contribution in [3.8, 4) is 28.0 Å². The van der Waals surface area contributed by atoms with E-state index in [0.717, 1.165) is 51.4 Å². The van der Waals surface area contributed by atoms with Gasteiger partial charge in [0.15, 0.2) is 5.65 Å². The Morgan fingerprint density at radius 2 is 1.47 bits per heavy atom. The van der Waals surface area contributed by atoms with E-state index in [2.05, 4.69) is 39.6 Å². The van der Waals surface area contributed by atoms with Crippen molar-refractivity contribution in [2.24, 2.45) is 0 Å². The molecule has 2 aromatic heterocycles. The molecule has 0 bridgehead atoms. The van der Waals surface area contributed by atoms with E-state index in [9.17, 15) is 13.2 Å². The lowest BCUT2D eigenvalue weighted by atomic mass is 9.98. The Labute approximate surface area is 276 Å². The first-order chi connectivity index (χ1) is 22.6. The molecule has 0 fully saturated rings. The number of benzene rings is 4. The highest BCUT2D eigenvalue weighted by molar-refractivity contribution is 7.90. The fourth-order valence-electron chi connectivity index (χ4n) is 5.22. The van der Waals surface area contributed by atoms with Gasteiger partial charge in [0.05, 0.1) is 22.6 Å². The Kier molecular flexibility index (Phi) is 10.2. The maximum atomic E-state index is 13.4. The number of amides is 1. The van der Waals surface area contributed by atoms with E-state index in [1.807, 2.05) is 74.5 Å². The second-order valence-electron chi connectivity index (χ2n) is 11.1. The second-order valence-corrected chi connectivity index (χ2v) is 12.8. The Hall–Kier alpha value is -5.28. The van der Waals surface area contributed by atoms with E-state index in [4.69, 9.17) is 4.74 Å². The lowest BCUT2D eigenvalue weighted by Crippen LogP contribution is -2.31. The number of hydrogen-bond acceptors (Lipinski definition) is 6. The quantitative estimate of drug-likeness (QED) is 0.173. The number of fused-ring (bicyclic) bond motifs is 1. The molecule has 0 aliphatic heterocycles. The molecule has 6 rings (SSSR count). The van der Waals surface area contributed by atoms with Crippen LogP contribution in [0, 0.1) is 20.8 Å². The largest absolute Gasteiger partial charge is 0.493 e. The molecule has 0 atom stereocenters. The van der Waals surface area contributed by atoms with Gasteiger partial charge in [0, 0.05) is 17.7 Å². The molecule has 240 valence electrons. The zero-order valence-electron chi connectivity index (χ0n) is 27.2. The Morgan fingerprint density at radius 1 is 0.787 bits per heavy atom. The number of aromatic nitrogens is 3. The first-order valence-electron chi connectivity index (χ1n) is 15.5. The zero-order chi connectivity index (χ0) is 33.6. The third-order valence-electron chi connectivity index (χ3n) is 7.57. The van der Waals surface area contributed by atoms with E-state index in [0.29, 0.717) is 17.9 Å². The summed E-state index contributed by atoms with van der Waals surface area (Å²) in [6.07, 6.45) is 0.925. The van der Waals surface area contributed by atoms with Gasteiger partial charge in [0.1, 0.15) is 11.6 Å². The maximum Gasteiger partial charge on any atom is 0.268 e. The monoisotopic (exact) mass is 646 g/mol. The highest BCUT2D eigenvalue weighted by Gasteiger charge is 2.25. The summed E-state index contributed by atoms with van der Waals surface area (Å²) in [5, 5.41) is 0. The molecule has 0 unspecified atom stereocenters. The summed E-state index contributed by atoms with van der Waals surface area (Å²) >= 11 is 0. The lowest BCUT2D eigenvalue weighted by Gasteiger charge is -2.15. The van der Waals surface area contributed by atoms with Gasteiger partial charge in [-0.25, -0.2) is 23.1 Å². The average Bonchev–Trinajstić information content (AvgIpc) is 3.49. The first kappa shape index (κ1) is 33.1. The van der Waals surface area contributed by atoms with Crippen LogP contribution in [0.5, 0.6) is 5.75 Å². The minimum atomic E-state index is -4.18. The molecular formula is C38H38N4O4S. The van der Waals surface area contributed by atoms with E-state index in [-0.39, 0.29) is 10.5 Å². The number of aromatic amines is 1. The van der Waals surface area contributed by atoms with Gasteiger partial charge in [0.25, 0.3) is 15.9 Å². The van der Waals surface area contributed by atoms with Crippen LogP contribution < -0.4 is 9.46 Å². The number of nitrogens with zero attached hydrogens (tertiary/aromatic N) is 2. The maximum absolute atomic E-state index is 13.4. The SMILES string of the molecule is CCOc1ccccc1C(=O)NS(=O)(=O)c1ccc(-c2ccccc2)cc1-c1ccc(C)cc1.CCc1nc2nc(C)cc(C)c2[nH]1. The number of rotatable bonds is 8. The number of carbonyl (C=O) groups excluding carboxylic acids is 1. The molecular weight excluding hydrogens is 609 g/mol. The van der Waals surface area contributed by atoms with Crippen molar-refractivity contribution >= 4 is 27.1 Å². The summed E-state index contributed by atoms with van der Waals surface area (Å²) in [6, 6.07) is 31.1. The molecule has 0 radical (unpaired) electrons. The van der Waals surface area contributed by atoms with Gasteiger partial charge in [-0.2, -0.15) is 0 Å². The molecule has 4 aromatic carbocycles. The van der Waals surface area contributed by atoms with Crippen molar-refractivity contribution in [1.29, 1.82) is 0 Å². The second kappa shape index (κ2) is 14.4. The van der Waals surface area contributed by atoms with Gasteiger partial charge in [-0.15, -0.1) is 0 Å². The third kappa shape index (κ3) is 7.76. The van der Waals surface area contributed by atoms with Crippen LogP contribution in [0.2, 0.25) is 0 Å².